The summed E-state index contributed by atoms with van der Waals surface area (Å²) in [6, 6.07) is 0. The van der Waals surface area contributed by atoms with Crippen molar-refractivity contribution in [3.63, 3.8) is 0 Å². The summed E-state index contributed by atoms with van der Waals surface area (Å²) in [5.41, 5.74) is 0. The van der Waals surface area contributed by atoms with Crippen LogP contribution in [0.2, 0.25) is 0 Å². The molecule has 0 radical (unpaired) electrons. The fourth-order valence-electron chi connectivity index (χ4n) is 2.01. The SMILES string of the molecule is CCN1CCC2(OCCO2)C(F)C1. The Kier molecular flexibility index (Phi) is 2.53. The second-order valence-electron chi connectivity index (χ2n) is 3.62. The molecular weight excluding hydrogens is 173 g/mol. The monoisotopic (exact) mass is 189 g/mol. The second-order valence-corrected chi connectivity index (χ2v) is 3.62. The van der Waals surface area contributed by atoms with Gasteiger partial charge in [-0.05, 0) is 6.54 Å². The molecule has 2 aliphatic rings. The Morgan fingerprint density at radius 3 is 2.69 bits per heavy atom. The smallest absolute Gasteiger partial charge is 0.202 e. The van der Waals surface area contributed by atoms with Crippen molar-refractivity contribution in [1.29, 1.82) is 0 Å². The van der Waals surface area contributed by atoms with Crippen LogP contribution >= 0.6 is 0 Å². The molecule has 1 spiro atoms. The normalized spacial score (nSPS) is 34.2. The Balaban J connectivity index is 2.00. The number of likely N-dealkylation sites (tertiary alicyclic amines) is 1. The topological polar surface area (TPSA) is 21.7 Å². The van der Waals surface area contributed by atoms with E-state index in [0.717, 1.165) is 13.1 Å². The van der Waals surface area contributed by atoms with Crippen LogP contribution in [-0.4, -0.2) is 49.7 Å². The van der Waals surface area contributed by atoms with E-state index >= 15 is 0 Å². The van der Waals surface area contributed by atoms with Crippen LogP contribution in [0.4, 0.5) is 4.39 Å². The van der Waals surface area contributed by atoms with Gasteiger partial charge in [0.2, 0.25) is 5.79 Å². The lowest BCUT2D eigenvalue weighted by atomic mass is 10.0. The zero-order valence-corrected chi connectivity index (χ0v) is 7.96. The summed E-state index contributed by atoms with van der Waals surface area (Å²) in [5.74, 6) is -0.897. The number of hydrogen-bond donors (Lipinski definition) is 0. The van der Waals surface area contributed by atoms with Crippen molar-refractivity contribution in [2.45, 2.75) is 25.3 Å². The maximum absolute atomic E-state index is 13.7. The molecule has 3 nitrogen and oxygen atoms in total. The van der Waals surface area contributed by atoms with E-state index in [9.17, 15) is 4.39 Å². The number of ether oxygens (including phenoxy) is 2. The van der Waals surface area contributed by atoms with Gasteiger partial charge in [0.25, 0.3) is 0 Å². The third-order valence-corrected chi connectivity index (χ3v) is 2.90. The second kappa shape index (κ2) is 3.52. The summed E-state index contributed by atoms with van der Waals surface area (Å²) in [6.07, 6.45) is -0.342. The van der Waals surface area contributed by atoms with Gasteiger partial charge in [0.15, 0.2) is 6.17 Å². The molecule has 2 rings (SSSR count). The van der Waals surface area contributed by atoms with E-state index in [4.69, 9.17) is 9.47 Å². The quantitative estimate of drug-likeness (QED) is 0.609. The minimum atomic E-state index is -0.997. The Morgan fingerprint density at radius 1 is 1.46 bits per heavy atom. The van der Waals surface area contributed by atoms with Gasteiger partial charge in [-0.1, -0.05) is 6.92 Å². The lowest BCUT2D eigenvalue weighted by Crippen LogP contribution is -2.54. The van der Waals surface area contributed by atoms with Crippen LogP contribution in [0.1, 0.15) is 13.3 Å². The molecule has 2 heterocycles. The molecule has 0 aromatic heterocycles. The Bertz CT molecular complexity index is 182. The number of hydrogen-bond acceptors (Lipinski definition) is 3. The van der Waals surface area contributed by atoms with Crippen molar-refractivity contribution in [3.8, 4) is 0 Å². The highest BCUT2D eigenvalue weighted by Gasteiger charge is 2.48. The highest BCUT2D eigenvalue weighted by molar-refractivity contribution is 4.90. The minimum absolute atomic E-state index is 0.441. The van der Waals surface area contributed by atoms with Gasteiger partial charge in [-0.3, -0.25) is 0 Å². The number of piperidine rings is 1. The van der Waals surface area contributed by atoms with Crippen LogP contribution < -0.4 is 0 Å². The predicted octanol–water partition coefficient (Wildman–Crippen LogP) is 0.793. The zero-order valence-electron chi connectivity index (χ0n) is 7.96. The summed E-state index contributed by atoms with van der Waals surface area (Å²) >= 11 is 0. The third-order valence-electron chi connectivity index (χ3n) is 2.90. The van der Waals surface area contributed by atoms with E-state index in [1.165, 1.54) is 0 Å². The van der Waals surface area contributed by atoms with Crippen molar-refractivity contribution in [2.24, 2.45) is 0 Å². The van der Waals surface area contributed by atoms with Crippen LogP contribution in [0.25, 0.3) is 0 Å². The molecule has 1 atom stereocenters. The molecular formula is C9H16FNO2. The maximum Gasteiger partial charge on any atom is 0.202 e. The number of nitrogens with zero attached hydrogens (tertiary/aromatic N) is 1. The van der Waals surface area contributed by atoms with E-state index in [1.807, 2.05) is 6.92 Å². The summed E-state index contributed by atoms with van der Waals surface area (Å²) < 4.78 is 24.4. The highest BCUT2D eigenvalue weighted by Crippen LogP contribution is 2.33. The molecule has 76 valence electrons. The molecule has 2 fully saturated rings. The van der Waals surface area contributed by atoms with Crippen LogP contribution in [0.5, 0.6) is 0 Å². The third kappa shape index (κ3) is 1.58. The largest absolute Gasteiger partial charge is 0.345 e. The molecule has 0 bridgehead atoms. The van der Waals surface area contributed by atoms with Crippen molar-refractivity contribution in [1.82, 2.24) is 4.90 Å². The van der Waals surface area contributed by atoms with Crippen LogP contribution in [0.3, 0.4) is 0 Å². The molecule has 0 saturated carbocycles. The highest BCUT2D eigenvalue weighted by atomic mass is 19.1. The molecule has 1 unspecified atom stereocenters. The lowest BCUT2D eigenvalue weighted by Gasteiger charge is -2.39. The number of halogens is 1. The van der Waals surface area contributed by atoms with E-state index in [-0.39, 0.29) is 0 Å². The predicted molar refractivity (Wildman–Crippen MR) is 46.3 cm³/mol. The molecule has 0 N–H and O–H groups in total. The first-order valence-corrected chi connectivity index (χ1v) is 4.91. The standard InChI is InChI=1S/C9H16FNO2/c1-2-11-4-3-9(8(10)7-11)12-5-6-13-9/h8H,2-7H2,1H3. The molecule has 4 heteroatoms. The van der Waals surface area contributed by atoms with E-state index in [2.05, 4.69) is 4.90 Å². The van der Waals surface area contributed by atoms with E-state index in [0.29, 0.717) is 26.2 Å². The minimum Gasteiger partial charge on any atom is -0.345 e. The summed E-state index contributed by atoms with van der Waals surface area (Å²) in [5, 5.41) is 0. The molecule has 13 heavy (non-hydrogen) atoms. The van der Waals surface area contributed by atoms with E-state index < -0.39 is 12.0 Å². The lowest BCUT2D eigenvalue weighted by molar-refractivity contribution is -0.224. The average Bonchev–Trinajstić information content (AvgIpc) is 2.60. The molecule has 0 aromatic carbocycles. The first-order chi connectivity index (χ1) is 6.27. The van der Waals surface area contributed by atoms with Crippen LogP contribution in [0, 0.1) is 0 Å². The van der Waals surface area contributed by atoms with Crippen molar-refractivity contribution in [2.75, 3.05) is 32.8 Å². The van der Waals surface area contributed by atoms with Gasteiger partial charge < -0.3 is 14.4 Å². The van der Waals surface area contributed by atoms with Gasteiger partial charge >= 0.3 is 0 Å². The first-order valence-electron chi connectivity index (χ1n) is 4.91. The molecule has 0 amide bonds. The van der Waals surface area contributed by atoms with Gasteiger partial charge in [-0.15, -0.1) is 0 Å². The molecule has 2 aliphatic heterocycles. The first kappa shape index (κ1) is 9.37. The Hall–Kier alpha value is -0.190. The molecule has 0 aliphatic carbocycles. The fraction of sp³-hybridized carbons (Fsp3) is 1.00. The average molecular weight is 189 g/mol. The molecule has 0 aromatic rings. The summed E-state index contributed by atoms with van der Waals surface area (Å²) in [4.78, 5) is 2.08. The maximum atomic E-state index is 13.7. The molecule has 2 saturated heterocycles. The number of alkyl halides is 1. The van der Waals surface area contributed by atoms with Gasteiger partial charge in [0, 0.05) is 19.5 Å². The van der Waals surface area contributed by atoms with Gasteiger partial charge in [-0.2, -0.15) is 0 Å². The summed E-state index contributed by atoms with van der Waals surface area (Å²) in [6.45, 7) is 5.32. The van der Waals surface area contributed by atoms with E-state index in [1.54, 1.807) is 0 Å². The van der Waals surface area contributed by atoms with Gasteiger partial charge in [0.1, 0.15) is 0 Å². The van der Waals surface area contributed by atoms with Crippen molar-refractivity contribution in [3.05, 3.63) is 0 Å². The van der Waals surface area contributed by atoms with Crippen LogP contribution in [0.15, 0.2) is 0 Å². The van der Waals surface area contributed by atoms with Gasteiger partial charge in [-0.25, -0.2) is 4.39 Å². The Morgan fingerprint density at radius 2 is 2.15 bits per heavy atom. The number of rotatable bonds is 1. The van der Waals surface area contributed by atoms with Crippen molar-refractivity contribution < 1.29 is 13.9 Å². The van der Waals surface area contributed by atoms with Gasteiger partial charge in [0.05, 0.1) is 13.2 Å². The fourth-order valence-corrected chi connectivity index (χ4v) is 2.01. The van der Waals surface area contributed by atoms with Crippen molar-refractivity contribution >= 4 is 0 Å². The van der Waals surface area contributed by atoms with Crippen LogP contribution in [-0.2, 0) is 9.47 Å². The zero-order chi connectivity index (χ0) is 9.31. The Labute approximate surface area is 77.8 Å². The summed E-state index contributed by atoms with van der Waals surface area (Å²) in [7, 11) is 0.